The third kappa shape index (κ3) is 5.68. The number of aliphatic hydroxyl groups excluding tert-OH is 1. The number of rotatable bonds is 7. The number of aromatic nitrogens is 1. The van der Waals surface area contributed by atoms with Gasteiger partial charge < -0.3 is 20.6 Å². The number of carbonyl (C=O) groups is 3. The lowest BCUT2D eigenvalue weighted by Crippen LogP contribution is -2.58. The first-order valence-electron chi connectivity index (χ1n) is 12.4. The zero-order chi connectivity index (χ0) is 27.0. The standard InChI is InChI=1S/C27H33N5O4S/c1-16-21(37-15-30-16)18-7-5-17(6-8-18)12-29-23(34)20-11-19(33)13-32(20)24(35)22(26(2,3)4)31-25(36)27(14-28)9-10-27/h5-8,15,19-20,22,33H,9-13H2,1-4H3,(H,29,34)(H,31,36)/t19-,20-,22-/m1/s1. The van der Waals surface area contributed by atoms with Crippen molar-refractivity contribution in [2.75, 3.05) is 6.54 Å². The maximum atomic E-state index is 13.6. The summed E-state index contributed by atoms with van der Waals surface area (Å²) in [4.78, 5) is 46.2. The van der Waals surface area contributed by atoms with E-state index in [1.807, 2.05) is 57.5 Å². The molecule has 2 aliphatic rings. The molecule has 3 amide bonds. The van der Waals surface area contributed by atoms with E-state index >= 15 is 0 Å². The number of hydrogen-bond donors (Lipinski definition) is 3. The third-order valence-electron chi connectivity index (χ3n) is 7.08. The van der Waals surface area contributed by atoms with Gasteiger partial charge in [0.05, 0.1) is 28.3 Å². The molecule has 10 heteroatoms. The van der Waals surface area contributed by atoms with E-state index in [2.05, 4.69) is 21.7 Å². The summed E-state index contributed by atoms with van der Waals surface area (Å²) in [5.74, 6) is -1.25. The molecule has 196 valence electrons. The van der Waals surface area contributed by atoms with Crippen molar-refractivity contribution in [3.8, 4) is 16.5 Å². The molecule has 4 rings (SSSR count). The molecule has 1 aliphatic carbocycles. The largest absolute Gasteiger partial charge is 0.391 e. The van der Waals surface area contributed by atoms with Gasteiger partial charge in [-0.1, -0.05) is 45.0 Å². The fraction of sp³-hybridized carbons (Fsp3) is 0.519. The number of nitrogens with one attached hydrogen (secondary N) is 2. The van der Waals surface area contributed by atoms with Gasteiger partial charge in [0.1, 0.15) is 17.5 Å². The van der Waals surface area contributed by atoms with E-state index in [9.17, 15) is 24.8 Å². The Morgan fingerprint density at radius 1 is 1.27 bits per heavy atom. The van der Waals surface area contributed by atoms with Gasteiger partial charge in [0.2, 0.25) is 17.7 Å². The molecule has 3 atom stereocenters. The molecule has 2 aromatic rings. The van der Waals surface area contributed by atoms with E-state index in [1.54, 1.807) is 11.3 Å². The lowest BCUT2D eigenvalue weighted by Gasteiger charge is -2.35. The second-order valence-electron chi connectivity index (χ2n) is 11.0. The molecular weight excluding hydrogens is 490 g/mol. The first kappa shape index (κ1) is 26.8. The quantitative estimate of drug-likeness (QED) is 0.510. The summed E-state index contributed by atoms with van der Waals surface area (Å²) in [6.07, 6.45) is 0.220. The van der Waals surface area contributed by atoms with Crippen molar-refractivity contribution in [1.82, 2.24) is 20.5 Å². The van der Waals surface area contributed by atoms with Gasteiger partial charge >= 0.3 is 0 Å². The first-order chi connectivity index (χ1) is 17.4. The Balaban J connectivity index is 1.43. The third-order valence-corrected chi connectivity index (χ3v) is 8.06. The summed E-state index contributed by atoms with van der Waals surface area (Å²) in [5.41, 5.74) is 3.02. The minimum Gasteiger partial charge on any atom is -0.391 e. The number of aryl methyl sites for hydroxylation is 1. The highest BCUT2D eigenvalue weighted by Crippen LogP contribution is 2.45. The van der Waals surface area contributed by atoms with Crippen LogP contribution in [0.25, 0.3) is 10.4 Å². The number of carbonyl (C=O) groups excluding carboxylic acids is 3. The average Bonchev–Trinajstić information content (AvgIpc) is 3.40. The smallest absolute Gasteiger partial charge is 0.246 e. The summed E-state index contributed by atoms with van der Waals surface area (Å²) in [5, 5.41) is 25.4. The predicted molar refractivity (Wildman–Crippen MR) is 139 cm³/mol. The van der Waals surface area contributed by atoms with Crippen LogP contribution in [0.4, 0.5) is 0 Å². The zero-order valence-electron chi connectivity index (χ0n) is 21.6. The molecule has 2 heterocycles. The maximum Gasteiger partial charge on any atom is 0.246 e. The number of hydrogen-bond acceptors (Lipinski definition) is 7. The summed E-state index contributed by atoms with van der Waals surface area (Å²) < 4.78 is 0. The minimum atomic E-state index is -1.07. The average molecular weight is 524 g/mol. The Bertz CT molecular complexity index is 1220. The van der Waals surface area contributed by atoms with E-state index < -0.39 is 40.8 Å². The van der Waals surface area contributed by atoms with Gasteiger partial charge in [-0.05, 0) is 36.3 Å². The van der Waals surface area contributed by atoms with Crippen LogP contribution in [0, 0.1) is 29.1 Å². The van der Waals surface area contributed by atoms with Crippen LogP contribution in [0.3, 0.4) is 0 Å². The van der Waals surface area contributed by atoms with E-state index in [-0.39, 0.29) is 25.4 Å². The molecule has 9 nitrogen and oxygen atoms in total. The Kier molecular flexibility index (Phi) is 7.40. The second-order valence-corrected chi connectivity index (χ2v) is 11.9. The highest BCUT2D eigenvalue weighted by Gasteiger charge is 2.53. The van der Waals surface area contributed by atoms with Crippen molar-refractivity contribution in [2.45, 2.75) is 71.7 Å². The van der Waals surface area contributed by atoms with Crippen molar-refractivity contribution >= 4 is 29.1 Å². The van der Waals surface area contributed by atoms with Crippen molar-refractivity contribution in [2.24, 2.45) is 10.8 Å². The normalized spacial score (nSPS) is 21.1. The van der Waals surface area contributed by atoms with E-state index in [0.717, 1.165) is 21.7 Å². The van der Waals surface area contributed by atoms with Gasteiger partial charge in [0, 0.05) is 19.5 Å². The molecule has 1 aliphatic heterocycles. The molecule has 0 unspecified atom stereocenters. The predicted octanol–water partition coefficient (Wildman–Crippen LogP) is 2.53. The molecule has 1 aromatic carbocycles. The fourth-order valence-electron chi connectivity index (χ4n) is 4.56. The van der Waals surface area contributed by atoms with Gasteiger partial charge in [0.15, 0.2) is 0 Å². The summed E-state index contributed by atoms with van der Waals surface area (Å²) >= 11 is 1.58. The number of nitriles is 1. The highest BCUT2D eigenvalue weighted by atomic mass is 32.1. The number of nitrogens with zero attached hydrogens (tertiary/aromatic N) is 3. The molecule has 1 aromatic heterocycles. The lowest BCUT2D eigenvalue weighted by atomic mass is 9.85. The monoisotopic (exact) mass is 523 g/mol. The SMILES string of the molecule is Cc1ncsc1-c1ccc(CNC(=O)[C@H]2C[C@@H](O)CN2C(=O)[C@@H](NC(=O)C2(C#N)CC2)C(C)(C)C)cc1. The Morgan fingerprint density at radius 3 is 2.49 bits per heavy atom. The van der Waals surface area contributed by atoms with Gasteiger partial charge in [-0.15, -0.1) is 11.3 Å². The lowest BCUT2D eigenvalue weighted by molar-refractivity contribution is -0.144. The fourth-order valence-corrected chi connectivity index (χ4v) is 5.38. The van der Waals surface area contributed by atoms with Crippen LogP contribution in [0.5, 0.6) is 0 Å². The Hall–Kier alpha value is -3.29. The Morgan fingerprint density at radius 2 is 1.95 bits per heavy atom. The maximum absolute atomic E-state index is 13.6. The number of benzene rings is 1. The molecule has 0 radical (unpaired) electrons. The number of amides is 3. The van der Waals surface area contributed by atoms with Gasteiger partial charge in [0.25, 0.3) is 0 Å². The topological polar surface area (TPSA) is 135 Å². The van der Waals surface area contributed by atoms with Crippen LogP contribution in [-0.2, 0) is 20.9 Å². The highest BCUT2D eigenvalue weighted by molar-refractivity contribution is 7.13. The summed E-state index contributed by atoms with van der Waals surface area (Å²) in [6, 6.07) is 8.12. The molecule has 37 heavy (non-hydrogen) atoms. The van der Waals surface area contributed by atoms with Crippen LogP contribution in [-0.4, -0.2) is 57.4 Å². The minimum absolute atomic E-state index is 0.00562. The van der Waals surface area contributed by atoms with Crippen LogP contribution >= 0.6 is 11.3 Å². The number of aliphatic hydroxyl groups is 1. The number of β-amino-alcohol motifs (C(OH)–C–C–N with tert-alkyl or cyclic N) is 1. The van der Waals surface area contributed by atoms with Crippen LogP contribution in [0.1, 0.15) is 51.3 Å². The molecule has 2 fully saturated rings. The molecule has 1 saturated heterocycles. The number of thiazole rings is 1. The molecule has 0 spiro atoms. The Labute approximate surface area is 220 Å². The second kappa shape index (κ2) is 10.2. The van der Waals surface area contributed by atoms with Crippen LogP contribution < -0.4 is 10.6 Å². The summed E-state index contributed by atoms with van der Waals surface area (Å²) in [7, 11) is 0. The molecule has 3 N–H and O–H groups in total. The van der Waals surface area contributed by atoms with E-state index in [0.29, 0.717) is 12.8 Å². The molecule has 0 bridgehead atoms. The van der Waals surface area contributed by atoms with Crippen LogP contribution in [0.15, 0.2) is 29.8 Å². The van der Waals surface area contributed by atoms with E-state index in [4.69, 9.17) is 0 Å². The number of likely N-dealkylation sites (tertiary alicyclic amines) is 1. The van der Waals surface area contributed by atoms with Crippen LogP contribution in [0.2, 0.25) is 0 Å². The van der Waals surface area contributed by atoms with Crippen molar-refractivity contribution in [3.63, 3.8) is 0 Å². The van der Waals surface area contributed by atoms with Crippen molar-refractivity contribution in [3.05, 3.63) is 41.0 Å². The van der Waals surface area contributed by atoms with Crippen molar-refractivity contribution < 1.29 is 19.5 Å². The van der Waals surface area contributed by atoms with Gasteiger partial charge in [-0.2, -0.15) is 5.26 Å². The van der Waals surface area contributed by atoms with E-state index in [1.165, 1.54) is 4.90 Å². The summed E-state index contributed by atoms with van der Waals surface area (Å²) in [6.45, 7) is 7.71. The van der Waals surface area contributed by atoms with Gasteiger partial charge in [-0.3, -0.25) is 14.4 Å². The zero-order valence-corrected chi connectivity index (χ0v) is 22.4. The molecule has 1 saturated carbocycles. The molecular formula is C27H33N5O4S. The van der Waals surface area contributed by atoms with Gasteiger partial charge in [-0.25, -0.2) is 4.98 Å². The van der Waals surface area contributed by atoms with Crippen molar-refractivity contribution in [1.29, 1.82) is 5.26 Å². The first-order valence-corrected chi connectivity index (χ1v) is 13.3.